The molecule has 7 nitrogen and oxygen atoms in total. The number of hydrogen-bond donors (Lipinski definition) is 2. The first-order valence-electron chi connectivity index (χ1n) is 10.0. The number of aromatic nitrogens is 1. The molecule has 0 aromatic carbocycles. The van der Waals surface area contributed by atoms with Crippen molar-refractivity contribution in [1.29, 1.82) is 0 Å². The number of thiazole rings is 1. The van der Waals surface area contributed by atoms with Crippen molar-refractivity contribution in [2.45, 2.75) is 60.0 Å². The Bertz CT molecular complexity index is 649. The van der Waals surface area contributed by atoms with Gasteiger partial charge in [-0.2, -0.15) is 0 Å². The molecule has 0 saturated heterocycles. The Morgan fingerprint density at radius 3 is 2.45 bits per heavy atom. The number of esters is 1. The summed E-state index contributed by atoms with van der Waals surface area (Å²) in [5, 5.41) is 7.56. The molecule has 0 fully saturated rings. The Balaban J connectivity index is 0.00000784. The van der Waals surface area contributed by atoms with Gasteiger partial charge in [0.15, 0.2) is 5.96 Å². The summed E-state index contributed by atoms with van der Waals surface area (Å²) in [6, 6.07) is 0.330. The van der Waals surface area contributed by atoms with Gasteiger partial charge in [-0.15, -0.1) is 35.3 Å². The van der Waals surface area contributed by atoms with Gasteiger partial charge in [-0.1, -0.05) is 13.8 Å². The van der Waals surface area contributed by atoms with E-state index in [1.165, 1.54) is 11.3 Å². The van der Waals surface area contributed by atoms with Gasteiger partial charge < -0.3 is 20.3 Å². The van der Waals surface area contributed by atoms with Gasteiger partial charge in [0.25, 0.3) is 0 Å². The highest BCUT2D eigenvalue weighted by molar-refractivity contribution is 14.0. The molecule has 168 valence electrons. The van der Waals surface area contributed by atoms with Crippen LogP contribution in [0.2, 0.25) is 0 Å². The molecule has 0 radical (unpaired) electrons. The standard InChI is InChI=1S/C20H37N5O2S.HI/c1-9-21-20(22-12-16(25(7)8)11-13(3)4)24-15(6)18-23-14(5)17(28-18)19(26)27-10-2;/h13,15-16H,9-12H2,1-8H3,(H2,21,22,24);1H. The number of rotatable bonds is 10. The number of hydrogen-bond acceptors (Lipinski definition) is 6. The molecule has 1 heterocycles. The third-order valence-electron chi connectivity index (χ3n) is 4.28. The fourth-order valence-electron chi connectivity index (χ4n) is 2.76. The minimum absolute atomic E-state index is 0. The van der Waals surface area contributed by atoms with Crippen molar-refractivity contribution in [2.75, 3.05) is 33.8 Å². The summed E-state index contributed by atoms with van der Waals surface area (Å²) in [7, 11) is 4.20. The monoisotopic (exact) mass is 539 g/mol. The molecule has 0 bridgehead atoms. The Hall–Kier alpha value is -0.940. The predicted octanol–water partition coefficient (Wildman–Crippen LogP) is 3.84. The van der Waals surface area contributed by atoms with Crippen LogP contribution in [0.1, 0.15) is 67.5 Å². The fourth-order valence-corrected chi connectivity index (χ4v) is 3.73. The number of likely N-dealkylation sites (N-methyl/N-ethyl adjacent to an activating group) is 1. The van der Waals surface area contributed by atoms with Crippen molar-refractivity contribution in [1.82, 2.24) is 20.5 Å². The lowest BCUT2D eigenvalue weighted by Gasteiger charge is -2.25. The second-order valence-corrected chi connectivity index (χ2v) is 8.55. The first-order valence-corrected chi connectivity index (χ1v) is 10.9. The summed E-state index contributed by atoms with van der Waals surface area (Å²) in [6.07, 6.45) is 1.10. The molecule has 0 spiro atoms. The Kier molecular flexibility index (Phi) is 13.7. The van der Waals surface area contributed by atoms with Gasteiger partial charge in [0, 0.05) is 12.6 Å². The maximum atomic E-state index is 12.0. The highest BCUT2D eigenvalue weighted by Gasteiger charge is 2.20. The summed E-state index contributed by atoms with van der Waals surface area (Å²) in [4.78, 5) is 24.2. The van der Waals surface area contributed by atoms with Crippen LogP contribution in [-0.2, 0) is 4.74 Å². The van der Waals surface area contributed by atoms with Gasteiger partial charge in [-0.05, 0) is 54.1 Å². The lowest BCUT2D eigenvalue weighted by molar-refractivity contribution is 0.0531. The first-order chi connectivity index (χ1) is 13.2. The van der Waals surface area contributed by atoms with E-state index in [9.17, 15) is 4.79 Å². The summed E-state index contributed by atoms with van der Waals surface area (Å²) in [5.41, 5.74) is 0.707. The van der Waals surface area contributed by atoms with E-state index in [1.807, 2.05) is 20.8 Å². The van der Waals surface area contributed by atoms with E-state index in [0.717, 1.165) is 30.5 Å². The van der Waals surface area contributed by atoms with Crippen LogP contribution < -0.4 is 10.6 Å². The Morgan fingerprint density at radius 2 is 1.93 bits per heavy atom. The molecule has 1 aromatic heterocycles. The van der Waals surface area contributed by atoms with E-state index < -0.39 is 0 Å². The molecule has 0 aliphatic carbocycles. The van der Waals surface area contributed by atoms with Gasteiger partial charge in [0.1, 0.15) is 9.88 Å². The number of carbonyl (C=O) groups is 1. The van der Waals surface area contributed by atoms with E-state index in [4.69, 9.17) is 9.73 Å². The first kappa shape index (κ1) is 28.1. The topological polar surface area (TPSA) is 78.9 Å². The number of carbonyl (C=O) groups excluding carboxylic acids is 1. The van der Waals surface area contributed by atoms with Crippen molar-refractivity contribution >= 4 is 47.2 Å². The molecule has 0 amide bonds. The average molecular weight is 540 g/mol. The predicted molar refractivity (Wildman–Crippen MR) is 133 cm³/mol. The highest BCUT2D eigenvalue weighted by Crippen LogP contribution is 2.24. The molecule has 1 rings (SSSR count). The molecule has 2 N–H and O–H groups in total. The SMILES string of the molecule is CCNC(=NCC(CC(C)C)N(C)C)NC(C)c1nc(C)c(C(=O)OCC)s1.I. The zero-order chi connectivity index (χ0) is 21.3. The van der Waals surface area contributed by atoms with E-state index in [-0.39, 0.29) is 36.0 Å². The van der Waals surface area contributed by atoms with Crippen LogP contribution in [0.25, 0.3) is 0 Å². The van der Waals surface area contributed by atoms with Crippen LogP contribution in [0.5, 0.6) is 0 Å². The zero-order valence-electron chi connectivity index (χ0n) is 19.0. The van der Waals surface area contributed by atoms with Gasteiger partial charge in [0.2, 0.25) is 0 Å². The van der Waals surface area contributed by atoms with Crippen LogP contribution in [0.4, 0.5) is 0 Å². The molecule has 1 aromatic rings. The molecule has 2 atom stereocenters. The van der Waals surface area contributed by atoms with Gasteiger partial charge >= 0.3 is 5.97 Å². The largest absolute Gasteiger partial charge is 0.462 e. The Morgan fingerprint density at radius 1 is 1.28 bits per heavy atom. The molecule has 9 heteroatoms. The minimum atomic E-state index is -0.306. The highest BCUT2D eigenvalue weighted by atomic mass is 127. The quantitative estimate of drug-likeness (QED) is 0.204. The summed E-state index contributed by atoms with van der Waals surface area (Å²) < 4.78 is 5.11. The van der Waals surface area contributed by atoms with E-state index in [0.29, 0.717) is 29.1 Å². The Labute approximate surface area is 197 Å². The average Bonchev–Trinajstić information content (AvgIpc) is 3.00. The minimum Gasteiger partial charge on any atom is -0.462 e. The number of halogens is 1. The molecule has 2 unspecified atom stereocenters. The van der Waals surface area contributed by atoms with Gasteiger partial charge in [0.05, 0.1) is 24.9 Å². The third kappa shape index (κ3) is 9.61. The number of aryl methyl sites for hydroxylation is 1. The number of ether oxygens (including phenoxy) is 1. The van der Waals surface area contributed by atoms with E-state index in [2.05, 4.69) is 48.5 Å². The molecular formula is C20H38IN5O2S. The van der Waals surface area contributed by atoms with Crippen molar-refractivity contribution in [3.8, 4) is 0 Å². The van der Waals surface area contributed by atoms with Crippen LogP contribution in [0.3, 0.4) is 0 Å². The summed E-state index contributed by atoms with van der Waals surface area (Å²) in [6.45, 7) is 14.0. The summed E-state index contributed by atoms with van der Waals surface area (Å²) >= 11 is 1.37. The van der Waals surface area contributed by atoms with Gasteiger partial charge in [-0.25, -0.2) is 9.78 Å². The maximum Gasteiger partial charge on any atom is 0.350 e. The van der Waals surface area contributed by atoms with Crippen LogP contribution >= 0.6 is 35.3 Å². The van der Waals surface area contributed by atoms with Crippen LogP contribution in [0, 0.1) is 12.8 Å². The lowest BCUT2D eigenvalue weighted by Crippen LogP contribution is -2.40. The fraction of sp³-hybridized carbons (Fsp3) is 0.750. The van der Waals surface area contributed by atoms with Crippen molar-refractivity contribution in [2.24, 2.45) is 10.9 Å². The van der Waals surface area contributed by atoms with Crippen molar-refractivity contribution in [3.63, 3.8) is 0 Å². The number of nitrogens with zero attached hydrogens (tertiary/aromatic N) is 3. The zero-order valence-corrected chi connectivity index (χ0v) is 22.2. The van der Waals surface area contributed by atoms with Crippen molar-refractivity contribution in [3.05, 3.63) is 15.6 Å². The van der Waals surface area contributed by atoms with E-state index >= 15 is 0 Å². The molecule has 29 heavy (non-hydrogen) atoms. The normalized spacial score (nSPS) is 13.8. The molecule has 0 aliphatic rings. The smallest absolute Gasteiger partial charge is 0.350 e. The second kappa shape index (κ2) is 14.1. The summed E-state index contributed by atoms with van der Waals surface area (Å²) in [5.74, 6) is 1.08. The van der Waals surface area contributed by atoms with E-state index in [1.54, 1.807) is 6.92 Å². The molecule has 0 saturated carbocycles. The molecule has 0 aliphatic heterocycles. The third-order valence-corrected chi connectivity index (χ3v) is 5.60. The van der Waals surface area contributed by atoms with Crippen LogP contribution in [0.15, 0.2) is 4.99 Å². The number of guanidine groups is 1. The van der Waals surface area contributed by atoms with Crippen LogP contribution in [-0.4, -0.2) is 61.6 Å². The lowest BCUT2D eigenvalue weighted by atomic mass is 10.0. The van der Waals surface area contributed by atoms with Gasteiger partial charge in [-0.3, -0.25) is 4.99 Å². The maximum absolute atomic E-state index is 12.0. The second-order valence-electron chi connectivity index (χ2n) is 7.52. The molecular weight excluding hydrogens is 501 g/mol. The number of nitrogens with one attached hydrogen (secondary N) is 2. The van der Waals surface area contributed by atoms with Crippen molar-refractivity contribution < 1.29 is 9.53 Å². The number of aliphatic imine (C=N–C) groups is 1.